The minimum Gasteiger partial charge on any atom is -0.352 e. The van der Waals surface area contributed by atoms with Gasteiger partial charge in [-0.25, -0.2) is 8.42 Å². The van der Waals surface area contributed by atoms with Gasteiger partial charge in [0, 0.05) is 39.1 Å². The Kier molecular flexibility index (Phi) is 11.7. The van der Waals surface area contributed by atoms with Crippen LogP contribution in [0.1, 0.15) is 37.0 Å². The summed E-state index contributed by atoms with van der Waals surface area (Å²) in [4.78, 5) is 29.3. The molecule has 0 bridgehead atoms. The van der Waals surface area contributed by atoms with Crippen molar-refractivity contribution in [2.45, 2.75) is 52.2 Å². The SMILES string of the molecule is CCC(C)NC(=O)C(Cc1ccccc1)N(Cc1c(Cl)cccc1Cl)C(=O)CN(c1ccc(Br)c(C)c1)S(C)(=O)=O. The zero-order valence-electron chi connectivity index (χ0n) is 23.4. The highest BCUT2D eigenvalue weighted by Crippen LogP contribution is 2.29. The molecule has 3 aromatic rings. The van der Waals surface area contributed by atoms with Crippen molar-refractivity contribution in [3.8, 4) is 0 Å². The number of anilines is 1. The Hall–Kier alpha value is -2.59. The summed E-state index contributed by atoms with van der Waals surface area (Å²) in [7, 11) is -3.88. The Bertz CT molecular complexity index is 1470. The minimum atomic E-state index is -3.88. The molecule has 0 aliphatic heterocycles. The highest BCUT2D eigenvalue weighted by molar-refractivity contribution is 9.10. The van der Waals surface area contributed by atoms with Gasteiger partial charge < -0.3 is 10.2 Å². The van der Waals surface area contributed by atoms with E-state index in [1.807, 2.05) is 51.1 Å². The number of nitrogens with zero attached hydrogens (tertiary/aromatic N) is 2. The van der Waals surface area contributed by atoms with Crippen LogP contribution in [0.2, 0.25) is 10.0 Å². The molecule has 2 atom stereocenters. The van der Waals surface area contributed by atoms with E-state index in [0.29, 0.717) is 27.7 Å². The third kappa shape index (κ3) is 8.95. The standard InChI is InChI=1S/C30H34BrCl2N3O4S/c1-5-21(3)34-30(38)28(17-22-10-7-6-8-11-22)35(18-24-26(32)12-9-13-27(24)33)29(37)19-36(41(4,39)40)23-14-15-25(31)20(2)16-23/h6-16,21,28H,5,17-19H2,1-4H3,(H,34,38). The first kappa shape index (κ1) is 32.9. The Balaban J connectivity index is 2.12. The molecule has 1 N–H and O–H groups in total. The molecule has 2 amide bonds. The summed E-state index contributed by atoms with van der Waals surface area (Å²) >= 11 is 16.4. The van der Waals surface area contributed by atoms with Crippen molar-refractivity contribution in [2.24, 2.45) is 0 Å². The molecule has 0 heterocycles. The number of carbonyl (C=O) groups excluding carboxylic acids is 2. The van der Waals surface area contributed by atoms with Gasteiger partial charge in [-0.1, -0.05) is 82.5 Å². The molecule has 3 rings (SSSR count). The summed E-state index contributed by atoms with van der Waals surface area (Å²) in [5, 5.41) is 3.66. The van der Waals surface area contributed by atoms with Gasteiger partial charge in [-0.3, -0.25) is 13.9 Å². The van der Waals surface area contributed by atoms with E-state index in [9.17, 15) is 18.0 Å². The summed E-state index contributed by atoms with van der Waals surface area (Å²) < 4.78 is 27.8. The largest absolute Gasteiger partial charge is 0.352 e. The van der Waals surface area contributed by atoms with E-state index in [0.717, 1.165) is 26.2 Å². The van der Waals surface area contributed by atoms with Crippen LogP contribution in [0.5, 0.6) is 0 Å². The molecular formula is C30H34BrCl2N3O4S. The number of carbonyl (C=O) groups is 2. The predicted molar refractivity (Wildman–Crippen MR) is 170 cm³/mol. The molecule has 0 aromatic heterocycles. The fraction of sp³-hybridized carbons (Fsp3) is 0.333. The second kappa shape index (κ2) is 14.5. The number of hydrogen-bond donors (Lipinski definition) is 1. The molecular weight excluding hydrogens is 649 g/mol. The average molecular weight is 683 g/mol. The monoisotopic (exact) mass is 681 g/mol. The van der Waals surface area contributed by atoms with Gasteiger partial charge in [0.15, 0.2) is 0 Å². The predicted octanol–water partition coefficient (Wildman–Crippen LogP) is 6.39. The molecule has 0 radical (unpaired) electrons. The molecule has 0 saturated carbocycles. The molecule has 220 valence electrons. The highest BCUT2D eigenvalue weighted by Gasteiger charge is 2.34. The number of benzene rings is 3. The smallest absolute Gasteiger partial charge is 0.244 e. The van der Waals surface area contributed by atoms with Crippen molar-refractivity contribution in [3.05, 3.63) is 97.9 Å². The van der Waals surface area contributed by atoms with Crippen molar-refractivity contribution >= 4 is 66.7 Å². The van der Waals surface area contributed by atoms with Gasteiger partial charge in [-0.05, 0) is 61.7 Å². The van der Waals surface area contributed by atoms with Gasteiger partial charge in [0.05, 0.1) is 11.9 Å². The Morgan fingerprint density at radius 1 is 1.00 bits per heavy atom. The van der Waals surface area contributed by atoms with E-state index in [4.69, 9.17) is 23.2 Å². The number of nitrogens with one attached hydrogen (secondary N) is 1. The van der Waals surface area contributed by atoms with Crippen LogP contribution in [-0.4, -0.2) is 50.0 Å². The van der Waals surface area contributed by atoms with Crippen molar-refractivity contribution < 1.29 is 18.0 Å². The third-order valence-corrected chi connectivity index (χ3v) is 9.51. The van der Waals surface area contributed by atoms with Crippen LogP contribution in [0.25, 0.3) is 0 Å². The maximum atomic E-state index is 14.2. The number of aryl methyl sites for hydroxylation is 1. The lowest BCUT2D eigenvalue weighted by molar-refractivity contribution is -0.140. The average Bonchev–Trinajstić information content (AvgIpc) is 2.92. The summed E-state index contributed by atoms with van der Waals surface area (Å²) in [5.74, 6) is -0.933. The summed E-state index contributed by atoms with van der Waals surface area (Å²) in [6.45, 7) is 5.05. The second-order valence-electron chi connectivity index (χ2n) is 9.95. The molecule has 2 unspecified atom stereocenters. The van der Waals surface area contributed by atoms with E-state index in [2.05, 4.69) is 21.2 Å². The van der Waals surface area contributed by atoms with Crippen LogP contribution in [-0.2, 0) is 32.6 Å². The Morgan fingerprint density at radius 3 is 2.20 bits per heavy atom. The molecule has 0 fully saturated rings. The van der Waals surface area contributed by atoms with E-state index < -0.39 is 28.5 Å². The van der Waals surface area contributed by atoms with Crippen LogP contribution in [0.3, 0.4) is 0 Å². The Labute approximate surface area is 261 Å². The van der Waals surface area contributed by atoms with Crippen molar-refractivity contribution in [1.82, 2.24) is 10.2 Å². The quantitative estimate of drug-likeness (QED) is 0.240. The molecule has 0 saturated heterocycles. The zero-order chi connectivity index (χ0) is 30.3. The molecule has 11 heteroatoms. The van der Waals surface area contributed by atoms with Crippen LogP contribution < -0.4 is 9.62 Å². The highest BCUT2D eigenvalue weighted by atomic mass is 79.9. The first-order chi connectivity index (χ1) is 19.3. The van der Waals surface area contributed by atoms with E-state index >= 15 is 0 Å². The van der Waals surface area contributed by atoms with Gasteiger partial charge >= 0.3 is 0 Å². The van der Waals surface area contributed by atoms with Gasteiger partial charge in [0.25, 0.3) is 0 Å². The first-order valence-electron chi connectivity index (χ1n) is 13.1. The number of sulfonamides is 1. The van der Waals surface area contributed by atoms with Crippen molar-refractivity contribution in [1.29, 1.82) is 0 Å². The van der Waals surface area contributed by atoms with Crippen LogP contribution >= 0.6 is 39.1 Å². The van der Waals surface area contributed by atoms with Gasteiger partial charge in [0.2, 0.25) is 21.8 Å². The van der Waals surface area contributed by atoms with E-state index in [1.165, 1.54) is 4.90 Å². The summed E-state index contributed by atoms with van der Waals surface area (Å²) in [5.41, 5.74) is 2.44. The molecule has 0 aliphatic rings. The first-order valence-corrected chi connectivity index (χ1v) is 16.5. The molecule has 7 nitrogen and oxygen atoms in total. The van der Waals surface area contributed by atoms with E-state index in [-0.39, 0.29) is 24.9 Å². The van der Waals surface area contributed by atoms with E-state index in [1.54, 1.807) is 36.4 Å². The molecule has 41 heavy (non-hydrogen) atoms. The minimum absolute atomic E-state index is 0.0975. The van der Waals surface area contributed by atoms with Crippen LogP contribution in [0.4, 0.5) is 5.69 Å². The summed E-state index contributed by atoms with van der Waals surface area (Å²) in [6.07, 6.45) is 1.94. The zero-order valence-corrected chi connectivity index (χ0v) is 27.3. The number of halogens is 3. The van der Waals surface area contributed by atoms with Crippen LogP contribution in [0, 0.1) is 6.92 Å². The molecule has 0 spiro atoms. The lowest BCUT2D eigenvalue weighted by Gasteiger charge is -2.34. The third-order valence-electron chi connectivity index (χ3n) is 6.77. The summed E-state index contributed by atoms with van der Waals surface area (Å²) in [6, 6.07) is 18.3. The fourth-order valence-corrected chi connectivity index (χ4v) is 5.85. The fourth-order valence-electron chi connectivity index (χ4n) is 4.25. The Morgan fingerprint density at radius 2 is 1.63 bits per heavy atom. The van der Waals surface area contributed by atoms with Gasteiger partial charge in [0.1, 0.15) is 12.6 Å². The van der Waals surface area contributed by atoms with Gasteiger partial charge in [-0.15, -0.1) is 0 Å². The van der Waals surface area contributed by atoms with Gasteiger partial charge in [-0.2, -0.15) is 0 Å². The normalized spacial score (nSPS) is 12.9. The van der Waals surface area contributed by atoms with Crippen LogP contribution in [0.15, 0.2) is 71.2 Å². The number of hydrogen-bond acceptors (Lipinski definition) is 4. The topological polar surface area (TPSA) is 86.8 Å². The molecule has 3 aromatic carbocycles. The second-order valence-corrected chi connectivity index (χ2v) is 13.5. The number of rotatable bonds is 12. The maximum Gasteiger partial charge on any atom is 0.244 e. The maximum absolute atomic E-state index is 14.2. The lowest BCUT2D eigenvalue weighted by atomic mass is 10.0. The van der Waals surface area contributed by atoms with Crippen molar-refractivity contribution in [2.75, 3.05) is 17.1 Å². The lowest BCUT2D eigenvalue weighted by Crippen LogP contribution is -2.54. The van der Waals surface area contributed by atoms with Crippen molar-refractivity contribution in [3.63, 3.8) is 0 Å². The number of amides is 2. The molecule has 0 aliphatic carbocycles.